The Bertz CT molecular complexity index is 422. The molecule has 0 saturated carbocycles. The Balaban J connectivity index is 2.59. The first kappa shape index (κ1) is 9.29. The van der Waals surface area contributed by atoms with Gasteiger partial charge in [0.2, 0.25) is 0 Å². The third-order valence-corrected chi connectivity index (χ3v) is 5.35. The highest BCUT2D eigenvalue weighted by Crippen LogP contribution is 2.40. The van der Waals surface area contributed by atoms with Gasteiger partial charge in [-0.3, -0.25) is 0 Å². The predicted molar refractivity (Wildman–Crippen MR) is 57.6 cm³/mol. The zero-order chi connectivity index (χ0) is 9.42. The van der Waals surface area contributed by atoms with Crippen LogP contribution in [0.5, 0.6) is 0 Å². The minimum atomic E-state index is 0.703. The van der Waals surface area contributed by atoms with Crippen molar-refractivity contribution in [1.82, 2.24) is 20.6 Å². The van der Waals surface area contributed by atoms with Crippen molar-refractivity contribution in [2.45, 2.75) is 6.92 Å². The van der Waals surface area contributed by atoms with Crippen LogP contribution in [0.2, 0.25) is 0 Å². The second-order valence-electron chi connectivity index (χ2n) is 2.39. The molecule has 2 aromatic heterocycles. The molecule has 0 fully saturated rings. The van der Waals surface area contributed by atoms with E-state index < -0.39 is 0 Å². The van der Waals surface area contributed by atoms with Gasteiger partial charge in [0, 0.05) is 4.47 Å². The van der Waals surface area contributed by atoms with E-state index in [1.807, 2.05) is 6.92 Å². The average Bonchev–Trinajstić information content (AvgIpc) is 2.70. The molecule has 0 unspecified atom stereocenters. The Morgan fingerprint density at radius 3 is 2.62 bits per heavy atom. The molecule has 0 bridgehead atoms. The van der Waals surface area contributed by atoms with E-state index in [0.29, 0.717) is 5.82 Å². The fourth-order valence-corrected chi connectivity index (χ4v) is 3.15. The lowest BCUT2D eigenvalue weighted by molar-refractivity contribution is 0.881. The lowest BCUT2D eigenvalue weighted by Gasteiger charge is -1.90. The number of halogens is 2. The summed E-state index contributed by atoms with van der Waals surface area (Å²) in [5.41, 5.74) is 1.13. The number of hydrogen-bond donors (Lipinski definition) is 1. The maximum Gasteiger partial charge on any atom is 0.189 e. The molecule has 0 atom stereocenters. The minimum Gasteiger partial charge on any atom is -0.238 e. The zero-order valence-corrected chi connectivity index (χ0v) is 10.5. The number of nitrogens with one attached hydrogen (secondary N) is 1. The van der Waals surface area contributed by atoms with Crippen LogP contribution in [-0.4, -0.2) is 20.6 Å². The number of hydrogen-bond acceptors (Lipinski definition) is 4. The van der Waals surface area contributed by atoms with E-state index in [1.165, 1.54) is 0 Å². The predicted octanol–water partition coefficient (Wildman–Crippen LogP) is 2.76. The van der Waals surface area contributed by atoms with Gasteiger partial charge >= 0.3 is 0 Å². The SMILES string of the molecule is Cc1c(-c2nnn[nH]2)sc(Br)c1Br. The van der Waals surface area contributed by atoms with Crippen molar-refractivity contribution < 1.29 is 0 Å². The Labute approximate surface area is 95.0 Å². The van der Waals surface area contributed by atoms with Crippen molar-refractivity contribution in [3.8, 4) is 10.7 Å². The molecule has 2 aromatic rings. The Kier molecular flexibility index (Phi) is 2.48. The minimum absolute atomic E-state index is 0.703. The smallest absolute Gasteiger partial charge is 0.189 e. The van der Waals surface area contributed by atoms with E-state index in [1.54, 1.807) is 11.3 Å². The van der Waals surface area contributed by atoms with E-state index in [4.69, 9.17) is 0 Å². The van der Waals surface area contributed by atoms with Crippen molar-refractivity contribution in [2.24, 2.45) is 0 Å². The standard InChI is InChI=1S/C6H4Br2N4S/c1-2-3(7)5(8)13-4(2)6-9-11-12-10-6/h1H3,(H,9,10,11,12). The van der Waals surface area contributed by atoms with Gasteiger partial charge in [0.1, 0.15) is 0 Å². The van der Waals surface area contributed by atoms with E-state index in [2.05, 4.69) is 52.5 Å². The monoisotopic (exact) mass is 322 g/mol. The first-order valence-electron chi connectivity index (χ1n) is 3.38. The fourth-order valence-electron chi connectivity index (χ4n) is 0.939. The summed E-state index contributed by atoms with van der Waals surface area (Å²) in [4.78, 5) is 1.05. The quantitative estimate of drug-likeness (QED) is 0.878. The van der Waals surface area contributed by atoms with Crippen LogP contribution in [0.3, 0.4) is 0 Å². The van der Waals surface area contributed by atoms with Crippen molar-refractivity contribution in [2.75, 3.05) is 0 Å². The van der Waals surface area contributed by atoms with Crippen LogP contribution in [0.15, 0.2) is 8.26 Å². The Morgan fingerprint density at radius 1 is 1.38 bits per heavy atom. The van der Waals surface area contributed by atoms with E-state index in [9.17, 15) is 0 Å². The molecule has 0 saturated heterocycles. The van der Waals surface area contributed by atoms with Crippen LogP contribution in [0.4, 0.5) is 0 Å². The molecule has 2 heterocycles. The average molecular weight is 324 g/mol. The van der Waals surface area contributed by atoms with Crippen LogP contribution in [0, 0.1) is 6.92 Å². The number of aromatic nitrogens is 4. The van der Waals surface area contributed by atoms with Gasteiger partial charge < -0.3 is 0 Å². The van der Waals surface area contributed by atoms with Gasteiger partial charge in [-0.2, -0.15) is 0 Å². The summed E-state index contributed by atoms with van der Waals surface area (Å²) in [6, 6.07) is 0. The van der Waals surface area contributed by atoms with E-state index >= 15 is 0 Å². The largest absolute Gasteiger partial charge is 0.238 e. The molecular weight excluding hydrogens is 320 g/mol. The summed E-state index contributed by atoms with van der Waals surface area (Å²) >= 11 is 8.50. The lowest BCUT2D eigenvalue weighted by atomic mass is 10.3. The van der Waals surface area contributed by atoms with Gasteiger partial charge in [-0.1, -0.05) is 0 Å². The molecule has 0 amide bonds. The van der Waals surface area contributed by atoms with Crippen molar-refractivity contribution >= 4 is 43.2 Å². The van der Waals surface area contributed by atoms with Crippen LogP contribution in [0.25, 0.3) is 10.7 Å². The normalized spacial score (nSPS) is 10.7. The number of nitrogens with zero attached hydrogens (tertiary/aromatic N) is 3. The molecule has 0 aromatic carbocycles. The molecule has 68 valence electrons. The first-order valence-corrected chi connectivity index (χ1v) is 5.79. The number of tetrazole rings is 1. The molecule has 7 heteroatoms. The van der Waals surface area contributed by atoms with Gasteiger partial charge in [-0.05, 0) is 54.8 Å². The highest BCUT2D eigenvalue weighted by atomic mass is 79.9. The molecule has 4 nitrogen and oxygen atoms in total. The van der Waals surface area contributed by atoms with Crippen molar-refractivity contribution in [1.29, 1.82) is 0 Å². The molecule has 0 spiro atoms. The second kappa shape index (κ2) is 3.47. The van der Waals surface area contributed by atoms with Gasteiger partial charge in [0.05, 0.1) is 8.66 Å². The Hall–Kier alpha value is -0.270. The number of H-pyrrole nitrogens is 1. The summed E-state index contributed by atoms with van der Waals surface area (Å²) in [5, 5.41) is 13.7. The topological polar surface area (TPSA) is 54.5 Å². The maximum absolute atomic E-state index is 3.85. The third-order valence-electron chi connectivity index (χ3n) is 1.59. The summed E-state index contributed by atoms with van der Waals surface area (Å²) < 4.78 is 2.11. The van der Waals surface area contributed by atoms with Gasteiger partial charge in [0.25, 0.3) is 0 Å². The third kappa shape index (κ3) is 1.55. The Morgan fingerprint density at radius 2 is 2.15 bits per heavy atom. The first-order chi connectivity index (χ1) is 6.20. The van der Waals surface area contributed by atoms with E-state index in [-0.39, 0.29) is 0 Å². The highest BCUT2D eigenvalue weighted by molar-refractivity contribution is 9.13. The summed E-state index contributed by atoms with van der Waals surface area (Å²) in [5.74, 6) is 0.703. The van der Waals surface area contributed by atoms with Crippen molar-refractivity contribution in [3.63, 3.8) is 0 Å². The number of rotatable bonds is 1. The van der Waals surface area contributed by atoms with Crippen LogP contribution < -0.4 is 0 Å². The van der Waals surface area contributed by atoms with Gasteiger partial charge in [-0.25, -0.2) is 5.10 Å². The highest BCUT2D eigenvalue weighted by Gasteiger charge is 2.14. The molecule has 13 heavy (non-hydrogen) atoms. The fraction of sp³-hybridized carbons (Fsp3) is 0.167. The summed E-state index contributed by atoms with van der Waals surface area (Å²) in [6.45, 7) is 2.02. The molecule has 0 radical (unpaired) electrons. The second-order valence-corrected chi connectivity index (χ2v) is 5.53. The summed E-state index contributed by atoms with van der Waals surface area (Å²) in [6.07, 6.45) is 0. The summed E-state index contributed by atoms with van der Waals surface area (Å²) in [7, 11) is 0. The molecule has 0 aliphatic rings. The van der Waals surface area contributed by atoms with Crippen LogP contribution in [0.1, 0.15) is 5.56 Å². The van der Waals surface area contributed by atoms with Gasteiger partial charge in [-0.15, -0.1) is 16.4 Å². The number of thiophene rings is 1. The molecule has 0 aliphatic carbocycles. The number of aromatic amines is 1. The van der Waals surface area contributed by atoms with Crippen LogP contribution in [-0.2, 0) is 0 Å². The molecular formula is C6H4Br2N4S. The van der Waals surface area contributed by atoms with Crippen LogP contribution >= 0.6 is 43.2 Å². The van der Waals surface area contributed by atoms with Crippen molar-refractivity contribution in [3.05, 3.63) is 13.8 Å². The maximum atomic E-state index is 3.85. The molecule has 2 rings (SSSR count). The van der Waals surface area contributed by atoms with E-state index in [0.717, 1.165) is 18.7 Å². The zero-order valence-electron chi connectivity index (χ0n) is 6.51. The van der Waals surface area contributed by atoms with Gasteiger partial charge in [0.15, 0.2) is 5.82 Å². The molecule has 1 N–H and O–H groups in total. The lowest BCUT2D eigenvalue weighted by Crippen LogP contribution is -1.79. The molecule has 0 aliphatic heterocycles.